The molecule has 1 unspecified atom stereocenters. The first-order chi connectivity index (χ1) is 15.0. The van der Waals surface area contributed by atoms with E-state index in [1.165, 1.54) is 22.4 Å². The molecule has 1 aromatic carbocycles. The molecule has 8 heteroatoms. The summed E-state index contributed by atoms with van der Waals surface area (Å²) in [6.07, 6.45) is 0.922. The summed E-state index contributed by atoms with van der Waals surface area (Å²) in [4.78, 5) is 7.29. The average Bonchev–Trinajstić information content (AvgIpc) is 2.99. The van der Waals surface area contributed by atoms with Crippen LogP contribution < -0.4 is 10.6 Å². The van der Waals surface area contributed by atoms with Crippen LogP contribution in [-0.4, -0.2) is 59.5 Å². The largest absolute Gasteiger partial charge is 0.379 e. The highest BCUT2D eigenvalue weighted by atomic mass is 127. The van der Waals surface area contributed by atoms with E-state index in [2.05, 4.69) is 72.6 Å². The first kappa shape index (κ1) is 26.6. The highest BCUT2D eigenvalue weighted by molar-refractivity contribution is 14.0. The summed E-state index contributed by atoms with van der Waals surface area (Å²) in [7, 11) is 2.00. The molecule has 1 atom stereocenters. The van der Waals surface area contributed by atoms with Crippen molar-refractivity contribution in [2.45, 2.75) is 53.2 Å². The highest BCUT2D eigenvalue weighted by Gasteiger charge is 2.14. The molecule has 0 aliphatic carbocycles. The fourth-order valence-corrected chi connectivity index (χ4v) is 4.04. The Kier molecular flexibility index (Phi) is 10.9. The molecule has 0 amide bonds. The van der Waals surface area contributed by atoms with Crippen LogP contribution >= 0.6 is 24.0 Å². The van der Waals surface area contributed by atoms with Crippen molar-refractivity contribution in [2.75, 3.05) is 32.8 Å². The van der Waals surface area contributed by atoms with Crippen molar-refractivity contribution in [3.05, 3.63) is 52.3 Å². The van der Waals surface area contributed by atoms with Crippen molar-refractivity contribution in [1.82, 2.24) is 25.3 Å². The molecular weight excluding hydrogens is 515 g/mol. The fraction of sp³-hybridized carbons (Fsp3) is 0.583. The number of guanidine groups is 1. The van der Waals surface area contributed by atoms with Crippen LogP contribution in [-0.2, 0) is 31.3 Å². The maximum atomic E-state index is 5.45. The third-order valence-electron chi connectivity index (χ3n) is 5.82. The van der Waals surface area contributed by atoms with Gasteiger partial charge in [-0.05, 0) is 50.8 Å². The maximum absolute atomic E-state index is 5.45. The van der Waals surface area contributed by atoms with Crippen LogP contribution in [0.1, 0.15) is 41.9 Å². The van der Waals surface area contributed by atoms with Crippen LogP contribution in [0.15, 0.2) is 29.3 Å². The Morgan fingerprint density at radius 2 is 1.94 bits per heavy atom. The molecular formula is C24H39IN6O. The summed E-state index contributed by atoms with van der Waals surface area (Å²) < 4.78 is 7.41. The number of aryl methyl sites for hydroxylation is 2. The fourth-order valence-electron chi connectivity index (χ4n) is 4.04. The number of aromatic nitrogens is 2. The number of halogens is 1. The smallest absolute Gasteiger partial charge is 0.191 e. The Balaban J connectivity index is 0.00000363. The molecule has 2 N–H and O–H groups in total. The van der Waals surface area contributed by atoms with Gasteiger partial charge in [-0.1, -0.05) is 24.3 Å². The normalized spacial score (nSPS) is 15.8. The first-order valence-electron chi connectivity index (χ1n) is 11.4. The second kappa shape index (κ2) is 13.2. The monoisotopic (exact) mass is 554 g/mol. The van der Waals surface area contributed by atoms with Gasteiger partial charge in [0.1, 0.15) is 0 Å². The minimum atomic E-state index is 0. The molecule has 1 aliphatic rings. The number of hydrogen-bond acceptors (Lipinski definition) is 4. The Labute approximate surface area is 210 Å². The van der Waals surface area contributed by atoms with Crippen molar-refractivity contribution < 1.29 is 4.74 Å². The van der Waals surface area contributed by atoms with E-state index in [4.69, 9.17) is 9.73 Å². The molecule has 32 heavy (non-hydrogen) atoms. The van der Waals surface area contributed by atoms with Gasteiger partial charge in [0.25, 0.3) is 0 Å². The SMILES string of the molecule is CCNC(=NCc1cccc(CN2CCOCC2)c1)NC(C)Cc1c(C)nn(C)c1C.I. The van der Waals surface area contributed by atoms with E-state index in [0.717, 1.165) is 57.5 Å². The predicted octanol–water partition coefficient (Wildman–Crippen LogP) is 3.17. The summed E-state index contributed by atoms with van der Waals surface area (Å²) in [5, 5.41) is 11.5. The molecule has 2 heterocycles. The van der Waals surface area contributed by atoms with Crippen LogP contribution in [0.5, 0.6) is 0 Å². The lowest BCUT2D eigenvalue weighted by Crippen LogP contribution is -2.43. The number of ether oxygens (including phenoxy) is 1. The summed E-state index contributed by atoms with van der Waals surface area (Å²) in [6.45, 7) is 14.6. The molecule has 178 valence electrons. The third-order valence-corrected chi connectivity index (χ3v) is 5.82. The molecule has 3 rings (SSSR count). The van der Waals surface area contributed by atoms with Gasteiger partial charge in [-0.3, -0.25) is 9.58 Å². The maximum Gasteiger partial charge on any atom is 0.191 e. The second-order valence-corrected chi connectivity index (χ2v) is 8.43. The quantitative estimate of drug-likeness (QED) is 0.298. The number of nitrogens with one attached hydrogen (secondary N) is 2. The average molecular weight is 555 g/mol. The predicted molar refractivity (Wildman–Crippen MR) is 142 cm³/mol. The Hall–Kier alpha value is -1.65. The standard InChI is InChI=1S/C24H38N6O.HI/c1-6-25-24(27-18(2)14-23-19(3)28-29(5)20(23)4)26-16-21-8-7-9-22(15-21)17-30-10-12-31-13-11-30;/h7-9,15,18H,6,10-14,16-17H2,1-5H3,(H2,25,26,27);1H. The van der Waals surface area contributed by atoms with Crippen LogP contribution in [0.3, 0.4) is 0 Å². The highest BCUT2D eigenvalue weighted by Crippen LogP contribution is 2.14. The van der Waals surface area contributed by atoms with Gasteiger partial charge in [-0.15, -0.1) is 24.0 Å². The van der Waals surface area contributed by atoms with E-state index in [1.807, 2.05) is 11.7 Å². The van der Waals surface area contributed by atoms with Crippen molar-refractivity contribution in [1.29, 1.82) is 0 Å². The summed E-state index contributed by atoms with van der Waals surface area (Å²) in [6, 6.07) is 9.02. The first-order valence-corrected chi connectivity index (χ1v) is 11.4. The van der Waals surface area contributed by atoms with E-state index in [9.17, 15) is 0 Å². The summed E-state index contributed by atoms with van der Waals surface area (Å²) in [5.74, 6) is 0.854. The summed E-state index contributed by atoms with van der Waals surface area (Å²) in [5.41, 5.74) is 6.21. The van der Waals surface area contributed by atoms with Gasteiger partial charge < -0.3 is 15.4 Å². The third kappa shape index (κ3) is 7.74. The topological polar surface area (TPSA) is 66.7 Å². The molecule has 0 spiro atoms. The molecule has 0 saturated carbocycles. The molecule has 0 radical (unpaired) electrons. The zero-order valence-electron chi connectivity index (χ0n) is 20.1. The number of hydrogen-bond donors (Lipinski definition) is 2. The minimum Gasteiger partial charge on any atom is -0.379 e. The Morgan fingerprint density at radius 3 is 2.59 bits per heavy atom. The van der Waals surface area contributed by atoms with Crippen molar-refractivity contribution in [3.63, 3.8) is 0 Å². The van der Waals surface area contributed by atoms with Gasteiger partial charge in [0.05, 0.1) is 25.5 Å². The lowest BCUT2D eigenvalue weighted by molar-refractivity contribution is 0.0342. The van der Waals surface area contributed by atoms with Gasteiger partial charge in [0.2, 0.25) is 0 Å². The number of aliphatic imine (C=N–C) groups is 1. The van der Waals surface area contributed by atoms with Gasteiger partial charge >= 0.3 is 0 Å². The molecule has 1 saturated heterocycles. The molecule has 0 bridgehead atoms. The summed E-state index contributed by atoms with van der Waals surface area (Å²) >= 11 is 0. The van der Waals surface area contributed by atoms with Crippen LogP contribution in [0, 0.1) is 13.8 Å². The zero-order valence-corrected chi connectivity index (χ0v) is 22.5. The zero-order chi connectivity index (χ0) is 22.2. The molecule has 1 aliphatic heterocycles. The minimum absolute atomic E-state index is 0. The van der Waals surface area contributed by atoms with Crippen molar-refractivity contribution in [2.24, 2.45) is 12.0 Å². The number of rotatable bonds is 8. The van der Waals surface area contributed by atoms with Gasteiger partial charge in [0, 0.05) is 45.0 Å². The lowest BCUT2D eigenvalue weighted by atomic mass is 10.1. The van der Waals surface area contributed by atoms with Gasteiger partial charge in [-0.2, -0.15) is 5.10 Å². The van der Waals surface area contributed by atoms with Crippen LogP contribution in [0.4, 0.5) is 0 Å². The molecule has 2 aromatic rings. The van der Waals surface area contributed by atoms with Crippen molar-refractivity contribution in [3.8, 4) is 0 Å². The number of morpholine rings is 1. The molecule has 7 nitrogen and oxygen atoms in total. The van der Waals surface area contributed by atoms with E-state index < -0.39 is 0 Å². The van der Waals surface area contributed by atoms with E-state index >= 15 is 0 Å². The van der Waals surface area contributed by atoms with Gasteiger partial charge in [0.15, 0.2) is 5.96 Å². The van der Waals surface area contributed by atoms with Gasteiger partial charge in [-0.25, -0.2) is 4.99 Å². The number of benzene rings is 1. The van der Waals surface area contributed by atoms with E-state index in [1.54, 1.807) is 0 Å². The van der Waals surface area contributed by atoms with Crippen LogP contribution in [0.2, 0.25) is 0 Å². The van der Waals surface area contributed by atoms with E-state index in [0.29, 0.717) is 6.54 Å². The van der Waals surface area contributed by atoms with Crippen LogP contribution in [0.25, 0.3) is 0 Å². The Morgan fingerprint density at radius 1 is 1.22 bits per heavy atom. The molecule has 1 fully saturated rings. The second-order valence-electron chi connectivity index (χ2n) is 8.43. The van der Waals surface area contributed by atoms with Crippen molar-refractivity contribution >= 4 is 29.9 Å². The lowest BCUT2D eigenvalue weighted by Gasteiger charge is -2.26. The molecule has 1 aromatic heterocycles. The number of nitrogens with zero attached hydrogens (tertiary/aromatic N) is 4. The Bertz CT molecular complexity index is 875. The van der Waals surface area contributed by atoms with E-state index in [-0.39, 0.29) is 30.0 Å².